The van der Waals surface area contributed by atoms with Gasteiger partial charge in [0.05, 0.1) is 21.9 Å². The number of imide groups is 1. The number of carbonyl (C=O) groups excluding carboxylic acids is 5. The van der Waals surface area contributed by atoms with Crippen molar-refractivity contribution >= 4 is 94.1 Å². The number of likely N-dealkylation sites (tertiary alicyclic amines) is 1. The molecule has 68 heavy (non-hydrogen) atoms. The first kappa shape index (κ1) is 51.7. The van der Waals surface area contributed by atoms with Crippen LogP contribution in [0.1, 0.15) is 79.1 Å². The van der Waals surface area contributed by atoms with Gasteiger partial charge in [0.1, 0.15) is 17.7 Å². The van der Waals surface area contributed by atoms with Crippen molar-refractivity contribution in [2.75, 3.05) is 67.9 Å². The first-order valence-corrected chi connectivity index (χ1v) is 24.3. The summed E-state index contributed by atoms with van der Waals surface area (Å²) in [4.78, 5) is 77.7. The molecule has 2 atom stereocenters. The van der Waals surface area contributed by atoms with Crippen LogP contribution < -0.4 is 30.5 Å². The summed E-state index contributed by atoms with van der Waals surface area (Å²) < 4.78 is 23.7. The highest BCUT2D eigenvalue weighted by molar-refractivity contribution is 7.96. The number of hydrogen-bond acceptors (Lipinski definition) is 13. The number of halogens is 2. The van der Waals surface area contributed by atoms with Crippen molar-refractivity contribution in [1.29, 1.82) is 0 Å². The number of thiophene rings is 1. The van der Waals surface area contributed by atoms with E-state index >= 15 is 4.39 Å². The van der Waals surface area contributed by atoms with Gasteiger partial charge in [0.25, 0.3) is 0 Å². The van der Waals surface area contributed by atoms with E-state index in [2.05, 4.69) is 34.1 Å². The summed E-state index contributed by atoms with van der Waals surface area (Å²) in [5.74, 6) is -1.82. The fourth-order valence-corrected chi connectivity index (χ4v) is 11.5. The molecule has 5 N–H and O–H groups in total. The topological polar surface area (TPSA) is 201 Å². The molecule has 3 aromatic carbocycles. The van der Waals surface area contributed by atoms with Crippen molar-refractivity contribution in [3.63, 3.8) is 0 Å². The Morgan fingerprint density at radius 1 is 1.01 bits per heavy atom. The number of rotatable bonds is 16. The summed E-state index contributed by atoms with van der Waals surface area (Å²) in [5, 5.41) is 25.5. The Morgan fingerprint density at radius 2 is 1.75 bits per heavy atom. The number of hydrogen-bond donors (Lipinski definition) is 5. The Labute approximate surface area is 408 Å². The summed E-state index contributed by atoms with van der Waals surface area (Å²) in [6.45, 7) is 5.76. The molecule has 0 spiro atoms. The van der Waals surface area contributed by atoms with E-state index in [4.69, 9.17) is 21.4 Å². The average molecular weight is 995 g/mol. The highest BCUT2D eigenvalue weighted by Gasteiger charge is 2.36. The first-order valence-electron chi connectivity index (χ1n) is 22.1. The Balaban J connectivity index is 0.00000376. The molecule has 5 amide bonds. The number of urea groups is 1. The molecular weight excluding hydrogens is 937 g/mol. The van der Waals surface area contributed by atoms with E-state index in [0.717, 1.165) is 61.8 Å². The maximum absolute atomic E-state index is 16.1. The SMILES string of the molecule is CN(C=O)c1cc(C2CCN(C(=O)Nc3cccc(CSN4CCC(Nc5cccc(-c6sc(C(=O)O)c(OCC=O)c6Cl)c5F)CC4(C)C)c3)CC2)ccc1N(C)C1CCC(=O)NC1=O.CO. The van der Waals surface area contributed by atoms with E-state index in [1.165, 1.54) is 11.0 Å². The van der Waals surface area contributed by atoms with Crippen LogP contribution in [0, 0.1) is 5.82 Å². The van der Waals surface area contributed by atoms with Crippen molar-refractivity contribution in [3.8, 4) is 16.2 Å². The van der Waals surface area contributed by atoms with Crippen LogP contribution in [0.25, 0.3) is 10.4 Å². The number of nitrogens with zero attached hydrogens (tertiary/aromatic N) is 4. The Bertz CT molecular complexity index is 2500. The molecule has 0 radical (unpaired) electrons. The molecule has 7 rings (SSSR count). The number of nitrogens with one attached hydrogen (secondary N) is 3. The molecule has 16 nitrogen and oxygen atoms in total. The summed E-state index contributed by atoms with van der Waals surface area (Å²) in [6, 6.07) is 17.9. The second kappa shape index (κ2) is 23.0. The standard InChI is InChI=1S/C47H53ClFN7O8S2.CH4O/c1-47(2)25-32(50-34-10-6-9-33(40(34)49)42-39(48)41(64-22-21-57)43(66-42)45(61)62)17-20-56(47)65-26-28-7-5-8-31(23-28)51-46(63)55-18-15-29(16-19-55)30-11-12-35(37(24-30)53(3)27-58)54(4)36-13-14-38(59)52-44(36)60;1-2/h5-12,21,23-24,27,29,32,36,50H,13-20,22,25-26H2,1-4H3,(H,51,63)(H,61,62)(H,52,59,60);2H,1H3. The predicted octanol–water partition coefficient (Wildman–Crippen LogP) is 7.84. The molecule has 1 aromatic heterocycles. The van der Waals surface area contributed by atoms with Crippen LogP contribution in [-0.4, -0.2) is 121 Å². The second-order valence-electron chi connectivity index (χ2n) is 17.3. The fraction of sp³-hybridized carbons (Fsp3) is 0.417. The number of aromatic carboxylic acids is 1. The number of aldehydes is 1. The monoisotopic (exact) mass is 993 g/mol. The number of likely N-dealkylation sites (N-methyl/N-ethyl adjacent to an activating group) is 1. The van der Waals surface area contributed by atoms with E-state index in [9.17, 15) is 33.9 Å². The minimum absolute atomic E-state index is 0.0499. The lowest BCUT2D eigenvalue weighted by molar-refractivity contribution is -0.134. The lowest BCUT2D eigenvalue weighted by Gasteiger charge is -2.45. The van der Waals surface area contributed by atoms with Crippen molar-refractivity contribution in [2.24, 2.45) is 0 Å². The number of piperidine rings is 3. The molecule has 0 saturated carbocycles. The third-order valence-corrected chi connectivity index (χ3v) is 15.5. The zero-order valence-corrected chi connectivity index (χ0v) is 40.9. The minimum atomic E-state index is -1.29. The minimum Gasteiger partial charge on any atom is -0.483 e. The number of amides is 5. The molecule has 4 aromatic rings. The smallest absolute Gasteiger partial charge is 0.349 e. The van der Waals surface area contributed by atoms with E-state index in [1.807, 2.05) is 52.3 Å². The van der Waals surface area contributed by atoms with Gasteiger partial charge in [-0.25, -0.2) is 18.3 Å². The summed E-state index contributed by atoms with van der Waals surface area (Å²) in [7, 11) is 4.46. The van der Waals surface area contributed by atoms with Gasteiger partial charge in [0.2, 0.25) is 18.2 Å². The molecule has 20 heteroatoms. The molecule has 3 aliphatic rings. The number of carboxylic acids is 1. The molecule has 2 unspecified atom stereocenters. The van der Waals surface area contributed by atoms with Crippen LogP contribution in [0.4, 0.5) is 31.9 Å². The third kappa shape index (κ3) is 11.9. The molecular formula is C48H57ClFN7O9S2. The predicted molar refractivity (Wildman–Crippen MR) is 265 cm³/mol. The number of anilines is 4. The van der Waals surface area contributed by atoms with Crippen LogP contribution in [0.15, 0.2) is 60.7 Å². The Hall–Kier alpha value is -5.73. The van der Waals surface area contributed by atoms with Crippen LogP contribution in [0.2, 0.25) is 5.02 Å². The van der Waals surface area contributed by atoms with Gasteiger partial charge in [-0.2, -0.15) is 0 Å². The second-order valence-corrected chi connectivity index (χ2v) is 19.7. The van der Waals surface area contributed by atoms with Crippen molar-refractivity contribution in [3.05, 3.63) is 87.5 Å². The number of benzene rings is 3. The quantitative estimate of drug-likeness (QED) is 0.0414. The maximum atomic E-state index is 16.1. The molecule has 364 valence electrons. The number of carboxylic acid groups (broad SMARTS) is 1. The molecule has 3 saturated heterocycles. The highest BCUT2D eigenvalue weighted by atomic mass is 35.5. The largest absolute Gasteiger partial charge is 0.483 e. The first-order chi connectivity index (χ1) is 32.6. The van der Waals surface area contributed by atoms with Crippen molar-refractivity contribution in [2.45, 2.75) is 81.7 Å². The van der Waals surface area contributed by atoms with Crippen molar-refractivity contribution in [1.82, 2.24) is 14.5 Å². The Morgan fingerprint density at radius 3 is 2.43 bits per heavy atom. The van der Waals surface area contributed by atoms with Gasteiger partial charge >= 0.3 is 12.0 Å². The summed E-state index contributed by atoms with van der Waals surface area (Å²) in [6.07, 6.45) is 4.78. The zero-order chi connectivity index (χ0) is 49.3. The van der Waals surface area contributed by atoms with Gasteiger partial charge in [-0.3, -0.25) is 24.5 Å². The normalized spacial score (nSPS) is 18.4. The highest BCUT2D eigenvalue weighted by Crippen LogP contribution is 2.47. The molecule has 0 bridgehead atoms. The molecule has 0 aliphatic carbocycles. The van der Waals surface area contributed by atoms with Crippen LogP contribution in [0.5, 0.6) is 5.75 Å². The maximum Gasteiger partial charge on any atom is 0.349 e. The van der Waals surface area contributed by atoms with E-state index in [-0.39, 0.29) is 80.1 Å². The number of aliphatic hydroxyl groups excluding tert-OH is 1. The molecule has 3 fully saturated rings. The number of ether oxygens (including phenoxy) is 1. The van der Waals surface area contributed by atoms with E-state index in [0.29, 0.717) is 55.0 Å². The van der Waals surface area contributed by atoms with Gasteiger partial charge in [0.15, 0.2) is 22.7 Å². The summed E-state index contributed by atoms with van der Waals surface area (Å²) in [5.41, 5.74) is 4.32. The average Bonchev–Trinajstić information content (AvgIpc) is 3.66. The lowest BCUT2D eigenvalue weighted by atomic mass is 9.88. The Kier molecular flexibility index (Phi) is 17.5. The van der Waals surface area contributed by atoms with Gasteiger partial charge in [-0.15, -0.1) is 11.3 Å². The van der Waals surface area contributed by atoms with Crippen LogP contribution in [-0.2, 0) is 24.9 Å². The van der Waals surface area contributed by atoms with Gasteiger partial charge in [0, 0.05) is 75.8 Å². The lowest BCUT2D eigenvalue weighted by Crippen LogP contribution is -2.51. The molecule has 4 heterocycles. The van der Waals surface area contributed by atoms with Crippen molar-refractivity contribution < 1.29 is 48.1 Å². The van der Waals surface area contributed by atoms with Gasteiger partial charge in [-0.05, 0) is 93.3 Å². The van der Waals surface area contributed by atoms with Gasteiger partial charge < -0.3 is 40.3 Å². The summed E-state index contributed by atoms with van der Waals surface area (Å²) >= 11 is 8.98. The van der Waals surface area contributed by atoms with E-state index in [1.54, 1.807) is 38.2 Å². The van der Waals surface area contributed by atoms with Crippen LogP contribution in [0.3, 0.4) is 0 Å². The van der Waals surface area contributed by atoms with Crippen LogP contribution >= 0.6 is 34.9 Å². The third-order valence-electron chi connectivity index (χ3n) is 12.4. The number of carbonyl (C=O) groups is 6. The van der Waals surface area contributed by atoms with E-state index < -0.39 is 17.8 Å². The zero-order valence-electron chi connectivity index (χ0n) is 38.6. The number of aliphatic hydroxyl groups is 1. The molecule has 3 aliphatic heterocycles. The van der Waals surface area contributed by atoms with Gasteiger partial charge in [-0.1, -0.05) is 53.9 Å². The fourth-order valence-electron chi connectivity index (χ4n) is 8.90.